The van der Waals surface area contributed by atoms with E-state index in [0.29, 0.717) is 4.58 Å². The number of carbonyl (C=O) groups excluding carboxylic acids is 1. The van der Waals surface area contributed by atoms with Crippen LogP contribution < -0.4 is 0 Å². The largest absolute Gasteiger partial charge is 0.336 e. The lowest BCUT2D eigenvalue weighted by Gasteiger charge is -2.34. The van der Waals surface area contributed by atoms with Crippen molar-refractivity contribution in [2.75, 3.05) is 37.7 Å². The van der Waals surface area contributed by atoms with Crippen molar-refractivity contribution in [1.82, 2.24) is 9.80 Å². The second kappa shape index (κ2) is 8.16. The number of nitrogens with zero attached hydrogens (tertiary/aromatic N) is 2. The molecule has 2 aliphatic rings. The first-order valence-electron chi connectivity index (χ1n) is 8.65. The lowest BCUT2D eigenvalue weighted by atomic mass is 10.1. The number of thioether (sulfide) groups is 2. The van der Waals surface area contributed by atoms with Gasteiger partial charge < -0.3 is 4.90 Å². The summed E-state index contributed by atoms with van der Waals surface area (Å²) in [6.45, 7) is 4.54. The predicted molar refractivity (Wildman–Crippen MR) is 110 cm³/mol. The Balaban J connectivity index is 1.32. The molecule has 0 unspecified atom stereocenters. The highest BCUT2D eigenvalue weighted by Gasteiger charge is 2.23. The standard InChI is InChI=1S/C19H22N2OS3/c22-18(16-1-3-17(4-2-16)19-24-11-12-25-19)21-8-6-20(7-9-21)13-15-5-10-23-14-15/h1-5,10,14,19H,6-9,11-13H2. The summed E-state index contributed by atoms with van der Waals surface area (Å²) < 4.78 is 0.546. The molecule has 6 heteroatoms. The van der Waals surface area contributed by atoms with E-state index < -0.39 is 0 Å². The van der Waals surface area contributed by atoms with Crippen LogP contribution in [0.5, 0.6) is 0 Å². The van der Waals surface area contributed by atoms with Crippen molar-refractivity contribution < 1.29 is 4.79 Å². The molecule has 3 nitrogen and oxygen atoms in total. The predicted octanol–water partition coefficient (Wildman–Crippen LogP) is 4.18. The van der Waals surface area contributed by atoms with Gasteiger partial charge in [0.25, 0.3) is 5.91 Å². The number of rotatable bonds is 4. The Morgan fingerprint density at radius 3 is 2.36 bits per heavy atom. The Kier molecular flexibility index (Phi) is 5.70. The van der Waals surface area contributed by atoms with Crippen LogP contribution in [0.4, 0.5) is 0 Å². The van der Waals surface area contributed by atoms with Gasteiger partial charge in [-0.1, -0.05) is 12.1 Å². The summed E-state index contributed by atoms with van der Waals surface area (Å²) >= 11 is 5.75. The van der Waals surface area contributed by atoms with Gasteiger partial charge in [0, 0.05) is 49.8 Å². The fraction of sp³-hybridized carbons (Fsp3) is 0.421. The molecule has 0 bridgehead atoms. The van der Waals surface area contributed by atoms with Crippen LogP contribution in [0.25, 0.3) is 0 Å². The van der Waals surface area contributed by atoms with Gasteiger partial charge in [-0.05, 0) is 40.1 Å². The van der Waals surface area contributed by atoms with E-state index in [1.807, 2.05) is 40.6 Å². The normalized spacial score (nSPS) is 19.4. The van der Waals surface area contributed by atoms with Gasteiger partial charge in [-0.3, -0.25) is 9.69 Å². The van der Waals surface area contributed by atoms with E-state index in [4.69, 9.17) is 0 Å². The van der Waals surface area contributed by atoms with Crippen LogP contribution in [-0.4, -0.2) is 53.4 Å². The quantitative estimate of drug-likeness (QED) is 0.781. The fourth-order valence-corrected chi connectivity index (χ4v) is 6.79. The van der Waals surface area contributed by atoms with Crippen LogP contribution >= 0.6 is 34.9 Å². The lowest BCUT2D eigenvalue weighted by molar-refractivity contribution is 0.0628. The molecule has 1 amide bonds. The molecule has 2 aromatic rings. The highest BCUT2D eigenvalue weighted by molar-refractivity contribution is 8.19. The fourth-order valence-electron chi connectivity index (χ4n) is 3.27. The molecule has 2 saturated heterocycles. The zero-order chi connectivity index (χ0) is 17.1. The summed E-state index contributed by atoms with van der Waals surface area (Å²) in [5.41, 5.74) is 3.54. The molecule has 4 rings (SSSR count). The summed E-state index contributed by atoms with van der Waals surface area (Å²) in [6, 6.07) is 10.5. The molecule has 0 atom stereocenters. The minimum atomic E-state index is 0.175. The van der Waals surface area contributed by atoms with Crippen LogP contribution in [0.3, 0.4) is 0 Å². The Bertz CT molecular complexity index is 688. The highest BCUT2D eigenvalue weighted by atomic mass is 32.2. The Morgan fingerprint density at radius 1 is 1.00 bits per heavy atom. The number of carbonyl (C=O) groups is 1. The summed E-state index contributed by atoms with van der Waals surface area (Å²) in [7, 11) is 0. The van der Waals surface area contributed by atoms with Crippen LogP contribution in [0.2, 0.25) is 0 Å². The first kappa shape index (κ1) is 17.5. The molecule has 0 radical (unpaired) electrons. The maximum atomic E-state index is 12.8. The monoisotopic (exact) mass is 390 g/mol. The third kappa shape index (κ3) is 4.25. The second-order valence-electron chi connectivity index (χ2n) is 6.40. The highest BCUT2D eigenvalue weighted by Crippen LogP contribution is 2.45. The van der Waals surface area contributed by atoms with Gasteiger partial charge in [-0.2, -0.15) is 11.3 Å². The Labute approximate surface area is 161 Å². The van der Waals surface area contributed by atoms with Gasteiger partial charge in [0.15, 0.2) is 0 Å². The van der Waals surface area contributed by atoms with Crippen LogP contribution in [0.15, 0.2) is 41.1 Å². The SMILES string of the molecule is O=C(c1ccc(C2SCCS2)cc1)N1CCN(Cc2ccsc2)CC1. The van der Waals surface area contributed by atoms with Gasteiger partial charge in [0.05, 0.1) is 4.58 Å². The minimum absolute atomic E-state index is 0.175. The molecule has 132 valence electrons. The van der Waals surface area contributed by atoms with Crippen LogP contribution in [0.1, 0.15) is 26.1 Å². The van der Waals surface area contributed by atoms with Gasteiger partial charge in [-0.15, -0.1) is 23.5 Å². The Hall–Kier alpha value is -0.950. The zero-order valence-corrected chi connectivity index (χ0v) is 16.5. The lowest BCUT2D eigenvalue weighted by Crippen LogP contribution is -2.48. The first-order chi connectivity index (χ1) is 12.3. The molecule has 2 fully saturated rings. The molecule has 0 saturated carbocycles. The van der Waals surface area contributed by atoms with E-state index in [0.717, 1.165) is 38.3 Å². The molecular formula is C19H22N2OS3. The van der Waals surface area contributed by atoms with Crippen LogP contribution in [-0.2, 0) is 6.54 Å². The van der Waals surface area contributed by atoms with Gasteiger partial charge in [0.1, 0.15) is 0 Å². The van der Waals surface area contributed by atoms with Crippen molar-refractivity contribution in [2.24, 2.45) is 0 Å². The average Bonchev–Trinajstić information content (AvgIpc) is 3.36. The van der Waals surface area contributed by atoms with Crippen molar-refractivity contribution in [3.05, 3.63) is 57.8 Å². The smallest absolute Gasteiger partial charge is 0.253 e. The first-order valence-corrected chi connectivity index (χ1v) is 11.7. The number of piperazine rings is 1. The molecular weight excluding hydrogens is 368 g/mol. The average molecular weight is 391 g/mol. The molecule has 0 aliphatic carbocycles. The molecule has 0 N–H and O–H groups in total. The number of hydrogen-bond donors (Lipinski definition) is 0. The van der Waals surface area contributed by atoms with Crippen molar-refractivity contribution in [2.45, 2.75) is 11.1 Å². The molecule has 2 aliphatic heterocycles. The second-order valence-corrected chi connectivity index (χ2v) is 9.90. The van der Waals surface area contributed by atoms with Crippen molar-refractivity contribution in [3.8, 4) is 0 Å². The summed E-state index contributed by atoms with van der Waals surface area (Å²) in [5.74, 6) is 2.63. The van der Waals surface area contributed by atoms with Gasteiger partial charge in [-0.25, -0.2) is 0 Å². The third-order valence-corrected chi connectivity index (χ3v) is 8.53. The topological polar surface area (TPSA) is 23.6 Å². The van der Waals surface area contributed by atoms with Crippen LogP contribution in [0, 0.1) is 0 Å². The van der Waals surface area contributed by atoms with Crippen molar-refractivity contribution in [3.63, 3.8) is 0 Å². The summed E-state index contributed by atoms with van der Waals surface area (Å²) in [4.78, 5) is 17.2. The molecule has 1 aromatic heterocycles. The molecule has 1 aromatic carbocycles. The maximum absolute atomic E-state index is 12.8. The maximum Gasteiger partial charge on any atom is 0.253 e. The molecule has 3 heterocycles. The zero-order valence-electron chi connectivity index (χ0n) is 14.1. The van der Waals surface area contributed by atoms with E-state index in [-0.39, 0.29) is 5.91 Å². The third-order valence-electron chi connectivity index (χ3n) is 4.70. The Morgan fingerprint density at radius 2 is 1.72 bits per heavy atom. The van der Waals surface area contributed by atoms with E-state index in [1.165, 1.54) is 22.6 Å². The van der Waals surface area contributed by atoms with Crippen molar-refractivity contribution in [1.29, 1.82) is 0 Å². The van der Waals surface area contributed by atoms with Gasteiger partial charge >= 0.3 is 0 Å². The molecule has 0 spiro atoms. The van der Waals surface area contributed by atoms with Crippen molar-refractivity contribution >= 4 is 40.8 Å². The minimum Gasteiger partial charge on any atom is -0.336 e. The number of amides is 1. The summed E-state index contributed by atoms with van der Waals surface area (Å²) in [5, 5.41) is 4.33. The van der Waals surface area contributed by atoms with E-state index in [9.17, 15) is 4.79 Å². The number of hydrogen-bond acceptors (Lipinski definition) is 5. The van der Waals surface area contributed by atoms with E-state index in [2.05, 4.69) is 33.9 Å². The van der Waals surface area contributed by atoms with Gasteiger partial charge in [0.2, 0.25) is 0 Å². The van der Waals surface area contributed by atoms with E-state index in [1.54, 1.807) is 11.3 Å². The molecule has 25 heavy (non-hydrogen) atoms. The van der Waals surface area contributed by atoms with E-state index >= 15 is 0 Å². The number of benzene rings is 1. The summed E-state index contributed by atoms with van der Waals surface area (Å²) in [6.07, 6.45) is 0. The number of thiophene rings is 1.